The molecule has 2 aromatic carbocycles. The number of nitrogens with zero attached hydrogens (tertiary/aromatic N) is 2. The Kier molecular flexibility index (Phi) is 3.52. The number of H-pyrrole nitrogens is 1. The molecule has 0 fully saturated rings. The van der Waals surface area contributed by atoms with E-state index in [0.717, 1.165) is 33.5 Å². The van der Waals surface area contributed by atoms with Gasteiger partial charge in [0.1, 0.15) is 11.0 Å². The third kappa shape index (κ3) is 2.58. The second kappa shape index (κ2) is 5.69. The summed E-state index contributed by atoms with van der Waals surface area (Å²) in [4.78, 5) is 12.2. The maximum Gasteiger partial charge on any atom is 0.139 e. The molecule has 1 N–H and O–H groups in total. The lowest BCUT2D eigenvalue weighted by Gasteiger charge is -2.09. The molecule has 0 spiro atoms. The summed E-state index contributed by atoms with van der Waals surface area (Å²) in [6, 6.07) is 17.3. The van der Waals surface area contributed by atoms with Crippen LogP contribution in [0.5, 0.6) is 0 Å². The molecule has 0 unspecified atom stereocenters. The second-order valence-electron chi connectivity index (χ2n) is 5.14. The molecule has 0 saturated carbocycles. The third-order valence-corrected chi connectivity index (χ3v) is 4.22. The van der Waals surface area contributed by atoms with Crippen LogP contribution in [0.15, 0.2) is 60.8 Å². The van der Waals surface area contributed by atoms with E-state index in [1.165, 1.54) is 0 Å². The van der Waals surface area contributed by atoms with Crippen molar-refractivity contribution in [2.75, 3.05) is 0 Å². The lowest BCUT2D eigenvalue weighted by molar-refractivity contribution is 1.28. The topological polar surface area (TPSA) is 41.6 Å². The molecule has 3 nitrogen and oxygen atoms in total. The van der Waals surface area contributed by atoms with Crippen molar-refractivity contribution in [3.8, 4) is 22.5 Å². The van der Waals surface area contributed by atoms with Crippen molar-refractivity contribution in [3.05, 3.63) is 71.0 Å². The van der Waals surface area contributed by atoms with Crippen LogP contribution < -0.4 is 0 Å². The molecule has 0 aliphatic rings. The minimum atomic E-state index is 0.413. The highest BCUT2D eigenvalue weighted by Crippen LogP contribution is 2.36. The average Bonchev–Trinajstić information content (AvgIpc) is 2.99. The van der Waals surface area contributed by atoms with Crippen LogP contribution in [0.25, 0.3) is 33.5 Å². The van der Waals surface area contributed by atoms with Gasteiger partial charge in [0, 0.05) is 27.9 Å². The summed E-state index contributed by atoms with van der Waals surface area (Å²) in [5.74, 6) is 0.741. The number of fused-ring (bicyclic) bond motifs is 1. The van der Waals surface area contributed by atoms with Gasteiger partial charge in [0.25, 0.3) is 0 Å². The fraction of sp³-hybridized carbons (Fsp3) is 0. The van der Waals surface area contributed by atoms with E-state index in [0.29, 0.717) is 10.2 Å². The van der Waals surface area contributed by atoms with Gasteiger partial charge in [-0.15, -0.1) is 0 Å². The number of pyridine rings is 1. The van der Waals surface area contributed by atoms with E-state index in [1.54, 1.807) is 12.3 Å². The fourth-order valence-electron chi connectivity index (χ4n) is 2.60. The number of para-hydroxylation sites is 2. The van der Waals surface area contributed by atoms with Gasteiger partial charge in [-0.25, -0.2) is 9.97 Å². The predicted molar refractivity (Wildman–Crippen MR) is 94.8 cm³/mol. The first-order valence-electron chi connectivity index (χ1n) is 7.08. The molecule has 4 aromatic rings. The van der Waals surface area contributed by atoms with E-state index in [-0.39, 0.29) is 0 Å². The van der Waals surface area contributed by atoms with E-state index in [9.17, 15) is 0 Å². The van der Waals surface area contributed by atoms with Crippen molar-refractivity contribution < 1.29 is 0 Å². The van der Waals surface area contributed by atoms with Crippen LogP contribution >= 0.6 is 23.2 Å². The first kappa shape index (κ1) is 14.2. The van der Waals surface area contributed by atoms with Crippen LogP contribution in [0.2, 0.25) is 10.2 Å². The number of aromatic amines is 1. The highest BCUT2D eigenvalue weighted by molar-refractivity contribution is 6.33. The minimum absolute atomic E-state index is 0.413. The largest absolute Gasteiger partial charge is 0.338 e. The number of benzene rings is 2. The van der Waals surface area contributed by atoms with Crippen molar-refractivity contribution >= 4 is 34.2 Å². The van der Waals surface area contributed by atoms with Gasteiger partial charge < -0.3 is 4.98 Å². The highest BCUT2D eigenvalue weighted by Gasteiger charge is 2.14. The second-order valence-corrected chi connectivity index (χ2v) is 5.93. The Morgan fingerprint density at radius 1 is 0.826 bits per heavy atom. The normalized spacial score (nSPS) is 11.0. The van der Waals surface area contributed by atoms with Crippen molar-refractivity contribution in [1.82, 2.24) is 15.0 Å². The van der Waals surface area contributed by atoms with Crippen LogP contribution in [-0.2, 0) is 0 Å². The molecular weight excluding hydrogens is 329 g/mol. The maximum absolute atomic E-state index is 6.35. The van der Waals surface area contributed by atoms with Gasteiger partial charge in [0.15, 0.2) is 0 Å². The summed E-state index contributed by atoms with van der Waals surface area (Å²) in [5.41, 5.74) is 4.53. The predicted octanol–water partition coefficient (Wildman–Crippen LogP) is 5.60. The number of nitrogens with one attached hydrogen (secondary N) is 1. The molecule has 0 aliphatic carbocycles. The number of aromatic nitrogens is 3. The Morgan fingerprint density at radius 3 is 2.43 bits per heavy atom. The molecule has 23 heavy (non-hydrogen) atoms. The number of imidazole rings is 1. The van der Waals surface area contributed by atoms with Gasteiger partial charge in [-0.2, -0.15) is 0 Å². The summed E-state index contributed by atoms with van der Waals surface area (Å²) in [6.07, 6.45) is 1.73. The standard InChI is InChI=1S/C18H11Cl2N3/c19-14-6-2-1-5-11(14)13-10-21-17(20)9-12(13)18-22-15-7-3-4-8-16(15)23-18/h1-10H,(H,22,23). The zero-order valence-corrected chi connectivity index (χ0v) is 13.4. The Hall–Kier alpha value is -2.36. The SMILES string of the molecule is Clc1cc(-c2nc3ccccc3[nH]2)c(-c2ccccc2Cl)cn1. The number of hydrogen-bond acceptors (Lipinski definition) is 2. The molecule has 2 aromatic heterocycles. The van der Waals surface area contributed by atoms with E-state index < -0.39 is 0 Å². The molecule has 2 heterocycles. The van der Waals surface area contributed by atoms with Crippen LogP contribution in [-0.4, -0.2) is 15.0 Å². The molecule has 0 radical (unpaired) electrons. The molecule has 0 amide bonds. The van der Waals surface area contributed by atoms with E-state index in [1.807, 2.05) is 48.5 Å². The van der Waals surface area contributed by atoms with Gasteiger partial charge in [0.2, 0.25) is 0 Å². The Bertz CT molecular complexity index is 975. The van der Waals surface area contributed by atoms with Crippen molar-refractivity contribution in [2.24, 2.45) is 0 Å². The van der Waals surface area contributed by atoms with Crippen LogP contribution in [0, 0.1) is 0 Å². The van der Waals surface area contributed by atoms with Gasteiger partial charge in [-0.1, -0.05) is 53.5 Å². The molecule has 112 valence electrons. The molecule has 5 heteroatoms. The molecule has 0 atom stereocenters. The summed E-state index contributed by atoms with van der Waals surface area (Å²) >= 11 is 12.5. The summed E-state index contributed by atoms with van der Waals surface area (Å²) in [7, 11) is 0. The van der Waals surface area contributed by atoms with E-state index >= 15 is 0 Å². The smallest absolute Gasteiger partial charge is 0.139 e. The minimum Gasteiger partial charge on any atom is -0.338 e. The number of halogens is 2. The highest BCUT2D eigenvalue weighted by atomic mass is 35.5. The summed E-state index contributed by atoms with van der Waals surface area (Å²) in [5, 5.41) is 1.07. The quantitative estimate of drug-likeness (QED) is 0.483. The summed E-state index contributed by atoms with van der Waals surface area (Å²) in [6.45, 7) is 0. The van der Waals surface area contributed by atoms with Crippen LogP contribution in [0.3, 0.4) is 0 Å². The lowest BCUT2D eigenvalue weighted by atomic mass is 10.0. The van der Waals surface area contributed by atoms with E-state index in [2.05, 4.69) is 15.0 Å². The summed E-state index contributed by atoms with van der Waals surface area (Å²) < 4.78 is 0. The first-order valence-corrected chi connectivity index (χ1v) is 7.83. The lowest BCUT2D eigenvalue weighted by Crippen LogP contribution is -1.90. The third-order valence-electron chi connectivity index (χ3n) is 3.68. The van der Waals surface area contributed by atoms with Gasteiger partial charge >= 0.3 is 0 Å². The van der Waals surface area contributed by atoms with Crippen molar-refractivity contribution in [3.63, 3.8) is 0 Å². The number of hydrogen-bond donors (Lipinski definition) is 1. The molecule has 0 aliphatic heterocycles. The fourth-order valence-corrected chi connectivity index (χ4v) is 3.00. The Labute approximate surface area is 142 Å². The first-order chi connectivity index (χ1) is 11.2. The average molecular weight is 340 g/mol. The maximum atomic E-state index is 6.35. The van der Waals surface area contributed by atoms with Gasteiger partial charge in [-0.3, -0.25) is 0 Å². The van der Waals surface area contributed by atoms with Crippen molar-refractivity contribution in [2.45, 2.75) is 0 Å². The zero-order valence-electron chi connectivity index (χ0n) is 11.9. The Balaban J connectivity index is 1.97. The van der Waals surface area contributed by atoms with Gasteiger partial charge in [0.05, 0.1) is 11.0 Å². The van der Waals surface area contributed by atoms with Crippen LogP contribution in [0.4, 0.5) is 0 Å². The molecule has 4 rings (SSSR count). The monoisotopic (exact) mass is 339 g/mol. The van der Waals surface area contributed by atoms with Crippen molar-refractivity contribution in [1.29, 1.82) is 0 Å². The number of rotatable bonds is 2. The molecular formula is C18H11Cl2N3. The van der Waals surface area contributed by atoms with Crippen LogP contribution in [0.1, 0.15) is 0 Å². The zero-order chi connectivity index (χ0) is 15.8. The Morgan fingerprint density at radius 2 is 1.61 bits per heavy atom. The molecule has 0 bridgehead atoms. The van der Waals surface area contributed by atoms with E-state index in [4.69, 9.17) is 23.2 Å². The molecule has 0 saturated heterocycles. The van der Waals surface area contributed by atoms with Gasteiger partial charge in [-0.05, 0) is 24.3 Å².